The first-order chi connectivity index (χ1) is 4.95. The molecule has 0 fully saturated rings. The van der Waals surface area contributed by atoms with Gasteiger partial charge in [0.25, 0.3) is 0 Å². The van der Waals surface area contributed by atoms with Crippen molar-refractivity contribution in [3.05, 3.63) is 0 Å². The number of carbonyl (C=O) groups excluding carboxylic acids is 1. The van der Waals surface area contributed by atoms with E-state index in [1.165, 1.54) is 0 Å². The van der Waals surface area contributed by atoms with Crippen LogP contribution in [0.25, 0.3) is 0 Å². The van der Waals surface area contributed by atoms with E-state index in [0.29, 0.717) is 0 Å². The topological polar surface area (TPSA) is 29.1 Å². The summed E-state index contributed by atoms with van der Waals surface area (Å²) < 4.78 is 0. The minimum absolute atomic E-state index is 0.0766. The Morgan fingerprint density at radius 1 is 1.27 bits per heavy atom. The molecule has 0 saturated heterocycles. The first-order valence-electron chi connectivity index (χ1n) is 3.93. The summed E-state index contributed by atoms with van der Waals surface area (Å²) in [6, 6.07) is -0.0810. The van der Waals surface area contributed by atoms with Crippen LogP contribution in [0, 0.1) is 5.92 Å². The fourth-order valence-electron chi connectivity index (χ4n) is 0.944. The van der Waals surface area contributed by atoms with Gasteiger partial charge >= 0.3 is 0 Å². The number of carbonyl (C=O) groups is 1. The van der Waals surface area contributed by atoms with E-state index >= 15 is 0 Å². The number of rotatable bonds is 4. The number of Topliss-reactive ketones (excluding diaryl/α,β-unsaturated/α-hetero) is 1. The highest BCUT2D eigenvalue weighted by atomic mass is 32.1. The van der Waals surface area contributed by atoms with Gasteiger partial charge in [-0.1, -0.05) is 13.8 Å². The van der Waals surface area contributed by atoms with Crippen LogP contribution in [-0.2, 0) is 4.79 Å². The molecule has 1 unspecified atom stereocenters. The van der Waals surface area contributed by atoms with Crippen LogP contribution < -0.4 is 5.32 Å². The second-order valence-electron chi connectivity index (χ2n) is 3.12. The minimum Gasteiger partial charge on any atom is -0.298 e. The standard InChI is InChI=1S/C8H17NOS/c1-5(2)8(10)6(3)9-7(4)11/h5-7,9,11H,1-4H3/t6?,7-/m0/s1. The normalized spacial score (nSPS) is 16.5. The lowest BCUT2D eigenvalue weighted by Gasteiger charge is -2.16. The third-order valence-corrected chi connectivity index (χ3v) is 1.64. The summed E-state index contributed by atoms with van der Waals surface area (Å²) in [5.74, 6) is 0.343. The van der Waals surface area contributed by atoms with Crippen LogP contribution >= 0.6 is 12.6 Å². The summed E-state index contributed by atoms with van der Waals surface area (Å²) in [5, 5.41) is 3.12. The van der Waals surface area contributed by atoms with Crippen LogP contribution in [0.2, 0.25) is 0 Å². The predicted octanol–water partition coefficient (Wildman–Crippen LogP) is 1.47. The van der Waals surface area contributed by atoms with Crippen molar-refractivity contribution in [3.63, 3.8) is 0 Å². The molecular formula is C8H17NOS. The molecule has 0 spiro atoms. The fourth-order valence-corrected chi connectivity index (χ4v) is 1.17. The summed E-state index contributed by atoms with van der Waals surface area (Å²) in [4.78, 5) is 11.3. The Morgan fingerprint density at radius 3 is 2.00 bits per heavy atom. The van der Waals surface area contributed by atoms with Crippen molar-refractivity contribution in [2.45, 2.75) is 39.1 Å². The number of nitrogens with one attached hydrogen (secondary N) is 1. The van der Waals surface area contributed by atoms with E-state index in [9.17, 15) is 4.79 Å². The van der Waals surface area contributed by atoms with Crippen molar-refractivity contribution in [2.24, 2.45) is 5.92 Å². The van der Waals surface area contributed by atoms with Crippen molar-refractivity contribution >= 4 is 18.4 Å². The molecule has 11 heavy (non-hydrogen) atoms. The number of ketones is 1. The van der Waals surface area contributed by atoms with Gasteiger partial charge in [0.15, 0.2) is 5.78 Å². The van der Waals surface area contributed by atoms with Crippen LogP contribution in [0.15, 0.2) is 0 Å². The maximum absolute atomic E-state index is 11.3. The van der Waals surface area contributed by atoms with E-state index in [-0.39, 0.29) is 23.1 Å². The molecule has 0 amide bonds. The van der Waals surface area contributed by atoms with E-state index in [1.807, 2.05) is 27.7 Å². The van der Waals surface area contributed by atoms with Gasteiger partial charge in [-0.05, 0) is 13.8 Å². The molecule has 0 aliphatic rings. The van der Waals surface area contributed by atoms with Crippen molar-refractivity contribution in [2.75, 3.05) is 0 Å². The molecule has 1 N–H and O–H groups in total. The lowest BCUT2D eigenvalue weighted by atomic mass is 10.0. The molecule has 0 aromatic carbocycles. The van der Waals surface area contributed by atoms with Crippen molar-refractivity contribution < 1.29 is 4.79 Å². The summed E-state index contributed by atoms with van der Waals surface area (Å²) in [7, 11) is 0. The van der Waals surface area contributed by atoms with Crippen molar-refractivity contribution in [3.8, 4) is 0 Å². The lowest BCUT2D eigenvalue weighted by molar-refractivity contribution is -0.123. The largest absolute Gasteiger partial charge is 0.298 e. The van der Waals surface area contributed by atoms with E-state index in [4.69, 9.17) is 0 Å². The number of hydrogen-bond acceptors (Lipinski definition) is 3. The Labute approximate surface area is 74.2 Å². The van der Waals surface area contributed by atoms with E-state index < -0.39 is 0 Å². The average molecular weight is 175 g/mol. The quantitative estimate of drug-likeness (QED) is 0.500. The fraction of sp³-hybridized carbons (Fsp3) is 0.875. The van der Waals surface area contributed by atoms with Crippen molar-refractivity contribution in [1.82, 2.24) is 5.32 Å². The van der Waals surface area contributed by atoms with Gasteiger partial charge in [-0.15, -0.1) is 0 Å². The highest BCUT2D eigenvalue weighted by Gasteiger charge is 2.16. The summed E-state index contributed by atoms with van der Waals surface area (Å²) in [5.41, 5.74) is 0. The van der Waals surface area contributed by atoms with Crippen LogP contribution in [0.3, 0.4) is 0 Å². The molecule has 0 heterocycles. The predicted molar refractivity (Wildman–Crippen MR) is 50.9 cm³/mol. The van der Waals surface area contributed by atoms with Gasteiger partial charge in [0.05, 0.1) is 6.04 Å². The SMILES string of the molecule is CC(C)C(=O)C(C)N[C@H](C)S. The Balaban J connectivity index is 3.83. The van der Waals surface area contributed by atoms with Gasteiger partial charge in [-0.3, -0.25) is 10.1 Å². The van der Waals surface area contributed by atoms with Gasteiger partial charge in [0.2, 0.25) is 0 Å². The van der Waals surface area contributed by atoms with Crippen LogP contribution in [0.1, 0.15) is 27.7 Å². The molecule has 2 nitrogen and oxygen atoms in total. The second-order valence-corrected chi connectivity index (χ2v) is 3.90. The first kappa shape index (κ1) is 11.0. The molecule has 0 aromatic rings. The molecule has 0 aromatic heterocycles. The Bertz CT molecular complexity index is 134. The smallest absolute Gasteiger partial charge is 0.152 e. The molecule has 0 radical (unpaired) electrons. The van der Waals surface area contributed by atoms with E-state index in [2.05, 4.69) is 17.9 Å². The molecule has 0 saturated carbocycles. The van der Waals surface area contributed by atoms with Gasteiger partial charge in [0.1, 0.15) is 0 Å². The zero-order valence-corrected chi connectivity index (χ0v) is 8.48. The minimum atomic E-state index is -0.0810. The zero-order valence-electron chi connectivity index (χ0n) is 7.59. The molecule has 0 aliphatic carbocycles. The zero-order chi connectivity index (χ0) is 9.02. The second kappa shape index (κ2) is 4.78. The average Bonchev–Trinajstić information content (AvgIpc) is 1.84. The van der Waals surface area contributed by atoms with Crippen LogP contribution in [-0.4, -0.2) is 17.2 Å². The van der Waals surface area contributed by atoms with Gasteiger partial charge in [-0.25, -0.2) is 0 Å². The Hall–Kier alpha value is -0.0200. The van der Waals surface area contributed by atoms with Gasteiger partial charge in [0, 0.05) is 11.3 Å². The molecule has 2 atom stereocenters. The summed E-state index contributed by atoms with van der Waals surface area (Å²) >= 11 is 4.14. The maximum Gasteiger partial charge on any atom is 0.152 e. The highest BCUT2D eigenvalue weighted by molar-refractivity contribution is 7.80. The van der Waals surface area contributed by atoms with E-state index in [0.717, 1.165) is 0 Å². The van der Waals surface area contributed by atoms with Crippen molar-refractivity contribution in [1.29, 1.82) is 0 Å². The molecular weight excluding hydrogens is 158 g/mol. The third kappa shape index (κ3) is 4.43. The monoisotopic (exact) mass is 175 g/mol. The van der Waals surface area contributed by atoms with Crippen LogP contribution in [0.5, 0.6) is 0 Å². The highest BCUT2D eigenvalue weighted by Crippen LogP contribution is 2.00. The maximum atomic E-state index is 11.3. The summed E-state index contributed by atoms with van der Waals surface area (Å²) in [6.07, 6.45) is 0. The molecule has 3 heteroatoms. The van der Waals surface area contributed by atoms with Crippen LogP contribution in [0.4, 0.5) is 0 Å². The van der Waals surface area contributed by atoms with E-state index in [1.54, 1.807) is 0 Å². The molecule has 0 aliphatic heterocycles. The lowest BCUT2D eigenvalue weighted by Crippen LogP contribution is -2.39. The number of hydrogen-bond donors (Lipinski definition) is 2. The number of thiol groups is 1. The molecule has 0 bridgehead atoms. The third-order valence-electron chi connectivity index (χ3n) is 1.49. The van der Waals surface area contributed by atoms with Gasteiger partial charge in [-0.2, -0.15) is 12.6 Å². The Kier molecular flexibility index (Phi) is 4.77. The first-order valence-corrected chi connectivity index (χ1v) is 4.44. The molecule has 0 rings (SSSR count). The summed E-state index contributed by atoms with van der Waals surface area (Å²) in [6.45, 7) is 7.59. The van der Waals surface area contributed by atoms with Gasteiger partial charge < -0.3 is 0 Å². The molecule has 66 valence electrons. The Morgan fingerprint density at radius 2 is 1.73 bits per heavy atom.